The van der Waals surface area contributed by atoms with Crippen LogP contribution < -0.4 is 15.4 Å². The first-order chi connectivity index (χ1) is 9.35. The molecule has 0 bridgehead atoms. The van der Waals surface area contributed by atoms with Crippen LogP contribution in [-0.2, 0) is 14.8 Å². The van der Waals surface area contributed by atoms with Crippen LogP contribution in [0.3, 0.4) is 0 Å². The molecule has 7 nitrogen and oxygen atoms in total. The average Bonchev–Trinajstić information content (AvgIpc) is 2.41. The van der Waals surface area contributed by atoms with Gasteiger partial charge in [0, 0.05) is 25.8 Å². The lowest BCUT2D eigenvalue weighted by Crippen LogP contribution is -2.48. The monoisotopic (exact) mass is 298 g/mol. The van der Waals surface area contributed by atoms with Crippen LogP contribution in [0.25, 0.3) is 0 Å². The molecular formula is C12H18N4O3S. The van der Waals surface area contributed by atoms with E-state index in [0.29, 0.717) is 13.1 Å². The standard InChI is InChI=1S/C12H18N4O3S/c1-14-20(18,19)11-4-3-9(7-10(11)13)16-6-5-15(2)12(17)8-16/h3-4,7,14H,5-6,8,13H2,1-2H3. The summed E-state index contributed by atoms with van der Waals surface area (Å²) in [4.78, 5) is 15.3. The van der Waals surface area contributed by atoms with Crippen LogP contribution in [-0.4, -0.2) is 53.0 Å². The molecule has 1 amide bonds. The Morgan fingerprint density at radius 3 is 2.55 bits per heavy atom. The molecule has 0 aliphatic carbocycles. The third kappa shape index (κ3) is 2.70. The van der Waals surface area contributed by atoms with Gasteiger partial charge in [-0.1, -0.05) is 0 Å². The van der Waals surface area contributed by atoms with Crippen molar-refractivity contribution in [2.75, 3.05) is 44.4 Å². The van der Waals surface area contributed by atoms with E-state index in [-0.39, 0.29) is 23.0 Å². The highest BCUT2D eigenvalue weighted by atomic mass is 32.2. The minimum Gasteiger partial charge on any atom is -0.398 e. The third-order valence-corrected chi connectivity index (χ3v) is 4.86. The number of piperazine rings is 1. The summed E-state index contributed by atoms with van der Waals surface area (Å²) in [5.74, 6) is 0.0294. The largest absolute Gasteiger partial charge is 0.398 e. The molecule has 1 fully saturated rings. The fraction of sp³-hybridized carbons (Fsp3) is 0.417. The van der Waals surface area contributed by atoms with Crippen molar-refractivity contribution in [3.63, 3.8) is 0 Å². The first kappa shape index (κ1) is 14.6. The number of rotatable bonds is 3. The van der Waals surface area contributed by atoms with Gasteiger partial charge < -0.3 is 15.5 Å². The predicted molar refractivity (Wildman–Crippen MR) is 76.9 cm³/mol. The van der Waals surface area contributed by atoms with E-state index in [1.807, 2.05) is 4.90 Å². The number of sulfonamides is 1. The Kier molecular flexibility index (Phi) is 3.87. The molecule has 2 rings (SSSR count). The van der Waals surface area contributed by atoms with Gasteiger partial charge in [-0.3, -0.25) is 4.79 Å². The lowest BCUT2D eigenvalue weighted by atomic mass is 10.2. The number of nitrogen functional groups attached to an aromatic ring is 1. The Hall–Kier alpha value is -1.80. The van der Waals surface area contributed by atoms with Crippen LogP contribution >= 0.6 is 0 Å². The maximum absolute atomic E-state index is 11.7. The van der Waals surface area contributed by atoms with Crippen molar-refractivity contribution in [3.05, 3.63) is 18.2 Å². The van der Waals surface area contributed by atoms with Gasteiger partial charge in [-0.2, -0.15) is 0 Å². The van der Waals surface area contributed by atoms with Crippen LogP contribution in [0.1, 0.15) is 0 Å². The Bertz CT molecular complexity index is 630. The summed E-state index contributed by atoms with van der Waals surface area (Å²) in [7, 11) is -0.469. The van der Waals surface area contributed by atoms with Crippen molar-refractivity contribution in [3.8, 4) is 0 Å². The van der Waals surface area contributed by atoms with E-state index >= 15 is 0 Å². The van der Waals surface area contributed by atoms with Gasteiger partial charge in [0.2, 0.25) is 15.9 Å². The van der Waals surface area contributed by atoms with E-state index in [2.05, 4.69) is 4.72 Å². The average molecular weight is 298 g/mol. The normalized spacial score (nSPS) is 16.6. The SMILES string of the molecule is CNS(=O)(=O)c1ccc(N2CCN(C)C(=O)C2)cc1N. The number of amides is 1. The number of hydrogen-bond acceptors (Lipinski definition) is 5. The maximum Gasteiger partial charge on any atom is 0.242 e. The fourth-order valence-electron chi connectivity index (χ4n) is 2.07. The third-order valence-electron chi connectivity index (χ3n) is 3.37. The molecule has 1 aliphatic heterocycles. The summed E-state index contributed by atoms with van der Waals surface area (Å²) in [6.07, 6.45) is 0. The van der Waals surface area contributed by atoms with Crippen LogP contribution in [0.15, 0.2) is 23.1 Å². The van der Waals surface area contributed by atoms with Gasteiger partial charge in [0.15, 0.2) is 0 Å². The molecule has 3 N–H and O–H groups in total. The van der Waals surface area contributed by atoms with Crippen LogP contribution in [0.4, 0.5) is 11.4 Å². The topological polar surface area (TPSA) is 95.7 Å². The molecule has 110 valence electrons. The van der Waals surface area contributed by atoms with E-state index in [0.717, 1.165) is 5.69 Å². The molecule has 0 atom stereocenters. The highest BCUT2D eigenvalue weighted by Crippen LogP contribution is 2.25. The number of nitrogens with zero attached hydrogens (tertiary/aromatic N) is 2. The molecule has 0 aromatic heterocycles. The van der Waals surface area contributed by atoms with Crippen molar-refractivity contribution in [1.29, 1.82) is 0 Å². The molecule has 1 aliphatic rings. The fourth-order valence-corrected chi connectivity index (χ4v) is 2.90. The van der Waals surface area contributed by atoms with E-state index in [1.165, 1.54) is 13.1 Å². The molecular weight excluding hydrogens is 280 g/mol. The molecule has 0 spiro atoms. The van der Waals surface area contributed by atoms with Crippen molar-refractivity contribution in [2.24, 2.45) is 0 Å². The van der Waals surface area contributed by atoms with Crippen molar-refractivity contribution in [1.82, 2.24) is 9.62 Å². The van der Waals surface area contributed by atoms with Gasteiger partial charge in [0.1, 0.15) is 4.90 Å². The number of nitrogens with two attached hydrogens (primary N) is 1. The summed E-state index contributed by atoms with van der Waals surface area (Å²) < 4.78 is 25.7. The Morgan fingerprint density at radius 2 is 2.00 bits per heavy atom. The van der Waals surface area contributed by atoms with E-state index in [4.69, 9.17) is 5.73 Å². The molecule has 1 aromatic carbocycles. The smallest absolute Gasteiger partial charge is 0.242 e. The van der Waals surface area contributed by atoms with Crippen LogP contribution in [0, 0.1) is 0 Å². The van der Waals surface area contributed by atoms with E-state index in [1.54, 1.807) is 24.1 Å². The number of anilines is 2. The number of hydrogen-bond donors (Lipinski definition) is 2. The summed E-state index contributed by atoms with van der Waals surface area (Å²) in [5, 5.41) is 0. The number of carbonyl (C=O) groups excluding carboxylic acids is 1. The van der Waals surface area contributed by atoms with Gasteiger partial charge in [-0.15, -0.1) is 0 Å². The van der Waals surface area contributed by atoms with E-state index < -0.39 is 10.0 Å². The lowest BCUT2D eigenvalue weighted by Gasteiger charge is -2.33. The predicted octanol–water partition coefficient (Wildman–Crippen LogP) is -0.545. The molecule has 0 saturated carbocycles. The second-order valence-electron chi connectivity index (χ2n) is 4.67. The number of likely N-dealkylation sites (N-methyl/N-ethyl adjacent to an activating group) is 1. The number of nitrogens with one attached hydrogen (secondary N) is 1. The molecule has 8 heteroatoms. The minimum atomic E-state index is -3.56. The quantitative estimate of drug-likeness (QED) is 0.730. The zero-order valence-electron chi connectivity index (χ0n) is 11.5. The van der Waals surface area contributed by atoms with Gasteiger partial charge in [0.25, 0.3) is 0 Å². The molecule has 0 unspecified atom stereocenters. The maximum atomic E-state index is 11.7. The van der Waals surface area contributed by atoms with Crippen LogP contribution in [0.2, 0.25) is 0 Å². The summed E-state index contributed by atoms with van der Waals surface area (Å²) >= 11 is 0. The van der Waals surface area contributed by atoms with Crippen LogP contribution in [0.5, 0.6) is 0 Å². The second kappa shape index (κ2) is 5.29. The first-order valence-electron chi connectivity index (χ1n) is 6.17. The highest BCUT2D eigenvalue weighted by molar-refractivity contribution is 7.89. The molecule has 1 saturated heterocycles. The minimum absolute atomic E-state index is 0.0294. The number of benzene rings is 1. The van der Waals surface area contributed by atoms with E-state index in [9.17, 15) is 13.2 Å². The zero-order chi connectivity index (χ0) is 14.9. The van der Waals surface area contributed by atoms with Gasteiger partial charge in [-0.25, -0.2) is 13.1 Å². The second-order valence-corrected chi connectivity index (χ2v) is 6.52. The molecule has 0 radical (unpaired) electrons. The highest BCUT2D eigenvalue weighted by Gasteiger charge is 2.22. The Morgan fingerprint density at radius 1 is 1.30 bits per heavy atom. The summed E-state index contributed by atoms with van der Waals surface area (Å²) in [5.41, 5.74) is 6.73. The summed E-state index contributed by atoms with van der Waals surface area (Å²) in [6, 6.07) is 4.71. The first-order valence-corrected chi connectivity index (χ1v) is 7.65. The van der Waals surface area contributed by atoms with Gasteiger partial charge >= 0.3 is 0 Å². The van der Waals surface area contributed by atoms with Gasteiger partial charge in [-0.05, 0) is 25.2 Å². The molecule has 1 heterocycles. The van der Waals surface area contributed by atoms with Crippen molar-refractivity contribution >= 4 is 27.3 Å². The zero-order valence-corrected chi connectivity index (χ0v) is 12.3. The molecule has 20 heavy (non-hydrogen) atoms. The Labute approximate surface area is 118 Å². The van der Waals surface area contributed by atoms with Crippen molar-refractivity contribution < 1.29 is 13.2 Å². The number of carbonyl (C=O) groups is 1. The summed E-state index contributed by atoms with van der Waals surface area (Å²) in [6.45, 7) is 1.60. The molecule has 1 aromatic rings. The van der Waals surface area contributed by atoms with Crippen molar-refractivity contribution in [2.45, 2.75) is 4.90 Å². The lowest BCUT2D eigenvalue weighted by molar-refractivity contribution is -0.129. The van der Waals surface area contributed by atoms with Gasteiger partial charge in [0.05, 0.1) is 12.2 Å². The Balaban J connectivity index is 2.28.